The van der Waals surface area contributed by atoms with E-state index in [0.29, 0.717) is 6.54 Å². The van der Waals surface area contributed by atoms with Crippen LogP contribution < -0.4 is 11.1 Å². The van der Waals surface area contributed by atoms with Crippen LogP contribution in [-0.2, 0) is 11.3 Å². The Bertz CT molecular complexity index is 632. The largest absolute Gasteiger partial charge is 0.358 e. The van der Waals surface area contributed by atoms with Gasteiger partial charge in [0.25, 0.3) is 0 Å². The highest BCUT2D eigenvalue weighted by molar-refractivity contribution is 5.88. The van der Waals surface area contributed by atoms with Crippen molar-refractivity contribution in [3.05, 3.63) is 34.5 Å². The third kappa shape index (κ3) is 3.14. The first-order chi connectivity index (χ1) is 8.90. The lowest BCUT2D eigenvalue weighted by atomic mass is 10.0. The maximum Gasteiger partial charge on any atom is 0.236 e. The highest BCUT2D eigenvalue weighted by Gasteiger charge is 2.11. The normalized spacial score (nSPS) is 12.1. The van der Waals surface area contributed by atoms with Gasteiger partial charge in [-0.25, -0.2) is 0 Å². The van der Waals surface area contributed by atoms with Crippen molar-refractivity contribution in [3.8, 4) is 0 Å². The summed E-state index contributed by atoms with van der Waals surface area (Å²) in [7, 11) is 0. The van der Waals surface area contributed by atoms with Crippen molar-refractivity contribution >= 4 is 29.2 Å². The molecule has 1 aromatic heterocycles. The molecule has 5 heteroatoms. The number of carbonyl (C=O) groups excluding carboxylic acids is 1. The summed E-state index contributed by atoms with van der Waals surface area (Å²) in [6.07, 6.45) is 0. The van der Waals surface area contributed by atoms with E-state index in [1.807, 2.05) is 0 Å². The molecule has 0 spiro atoms. The summed E-state index contributed by atoms with van der Waals surface area (Å²) in [5.74, 6) is -0.130. The van der Waals surface area contributed by atoms with Crippen LogP contribution >= 0.6 is 12.4 Å². The van der Waals surface area contributed by atoms with Gasteiger partial charge in [-0.3, -0.25) is 4.79 Å². The summed E-state index contributed by atoms with van der Waals surface area (Å²) in [5.41, 5.74) is 11.4. The molecule has 0 fully saturated rings. The van der Waals surface area contributed by atoms with E-state index < -0.39 is 6.04 Å². The van der Waals surface area contributed by atoms with E-state index >= 15 is 0 Å². The van der Waals surface area contributed by atoms with Crippen molar-refractivity contribution in [1.29, 1.82) is 0 Å². The lowest BCUT2D eigenvalue weighted by molar-refractivity contribution is -0.122. The topological polar surface area (TPSA) is 70.9 Å². The van der Waals surface area contributed by atoms with Crippen molar-refractivity contribution in [3.63, 3.8) is 0 Å². The second-order valence-corrected chi connectivity index (χ2v) is 5.23. The molecule has 0 aliphatic carbocycles. The lowest BCUT2D eigenvalue weighted by Gasteiger charge is -2.09. The molecule has 4 N–H and O–H groups in total. The predicted molar refractivity (Wildman–Crippen MR) is 85.3 cm³/mol. The van der Waals surface area contributed by atoms with Gasteiger partial charge in [0.15, 0.2) is 0 Å². The number of benzene rings is 1. The molecule has 110 valence electrons. The number of fused-ring (bicyclic) bond motifs is 1. The Hall–Kier alpha value is -1.52. The van der Waals surface area contributed by atoms with Gasteiger partial charge in [0.1, 0.15) is 0 Å². The minimum atomic E-state index is -0.479. The van der Waals surface area contributed by atoms with Gasteiger partial charge in [-0.15, -0.1) is 12.4 Å². The minimum Gasteiger partial charge on any atom is -0.358 e. The Morgan fingerprint density at radius 1 is 1.35 bits per heavy atom. The molecule has 1 atom stereocenters. The molecule has 1 heterocycles. The van der Waals surface area contributed by atoms with Gasteiger partial charge in [0, 0.05) is 17.6 Å². The van der Waals surface area contributed by atoms with Gasteiger partial charge in [0.05, 0.1) is 11.6 Å². The molecule has 0 saturated carbocycles. The van der Waals surface area contributed by atoms with E-state index in [-0.39, 0.29) is 18.3 Å². The van der Waals surface area contributed by atoms with Crippen LogP contribution in [0.5, 0.6) is 0 Å². The number of rotatable bonds is 3. The van der Waals surface area contributed by atoms with Gasteiger partial charge in [0.2, 0.25) is 5.91 Å². The van der Waals surface area contributed by atoms with Crippen LogP contribution in [0.1, 0.15) is 29.3 Å². The monoisotopic (exact) mass is 295 g/mol. The molecule has 0 saturated heterocycles. The average molecular weight is 296 g/mol. The van der Waals surface area contributed by atoms with Crippen LogP contribution in [0.25, 0.3) is 10.9 Å². The van der Waals surface area contributed by atoms with Crippen LogP contribution in [0.4, 0.5) is 0 Å². The Morgan fingerprint density at radius 2 is 2.00 bits per heavy atom. The molecule has 4 nitrogen and oxygen atoms in total. The zero-order valence-electron chi connectivity index (χ0n) is 12.3. The number of H-pyrrole nitrogens is 1. The summed E-state index contributed by atoms with van der Waals surface area (Å²) >= 11 is 0. The number of hydrogen-bond donors (Lipinski definition) is 3. The standard InChI is InChI=1S/C15H21N3O.ClH/c1-8-5-12(7-17-15(19)10(3)16)14-13(6-8)9(2)11(4)18-14;/h5-6,10,18H,7,16H2,1-4H3,(H,17,19);1H/t10-;/m1./s1. The number of aromatic amines is 1. The maximum atomic E-state index is 11.6. The Morgan fingerprint density at radius 3 is 2.60 bits per heavy atom. The lowest BCUT2D eigenvalue weighted by Crippen LogP contribution is -2.37. The molecule has 0 unspecified atom stereocenters. The molecular weight excluding hydrogens is 274 g/mol. The first-order valence-electron chi connectivity index (χ1n) is 6.52. The predicted octanol–water partition coefficient (Wildman–Crippen LogP) is 2.48. The molecule has 2 aromatic rings. The van der Waals surface area contributed by atoms with Gasteiger partial charge in [-0.1, -0.05) is 11.6 Å². The maximum absolute atomic E-state index is 11.6. The third-order valence-electron chi connectivity index (χ3n) is 3.51. The molecule has 0 bridgehead atoms. The summed E-state index contributed by atoms with van der Waals surface area (Å²) in [6.45, 7) is 8.42. The highest BCUT2D eigenvalue weighted by Crippen LogP contribution is 2.25. The quantitative estimate of drug-likeness (QED) is 0.814. The summed E-state index contributed by atoms with van der Waals surface area (Å²) < 4.78 is 0. The van der Waals surface area contributed by atoms with Gasteiger partial charge < -0.3 is 16.0 Å². The summed E-state index contributed by atoms with van der Waals surface area (Å²) in [4.78, 5) is 15.0. The number of aromatic nitrogens is 1. The molecular formula is C15H22ClN3O. The zero-order chi connectivity index (χ0) is 14.2. The minimum absolute atomic E-state index is 0. The number of nitrogens with two attached hydrogens (primary N) is 1. The second-order valence-electron chi connectivity index (χ2n) is 5.23. The van der Waals surface area contributed by atoms with Crippen LogP contribution in [0.3, 0.4) is 0 Å². The number of carbonyl (C=O) groups is 1. The molecule has 0 radical (unpaired) electrons. The molecule has 0 aliphatic rings. The highest BCUT2D eigenvalue weighted by atomic mass is 35.5. The summed E-state index contributed by atoms with van der Waals surface area (Å²) in [5, 5.41) is 4.09. The van der Waals surface area contributed by atoms with Gasteiger partial charge >= 0.3 is 0 Å². The zero-order valence-corrected chi connectivity index (χ0v) is 13.1. The fraction of sp³-hybridized carbons (Fsp3) is 0.400. The molecule has 1 aromatic carbocycles. The number of amides is 1. The van der Waals surface area contributed by atoms with Crippen LogP contribution in [0, 0.1) is 20.8 Å². The van der Waals surface area contributed by atoms with Crippen molar-refractivity contribution in [1.82, 2.24) is 10.3 Å². The van der Waals surface area contributed by atoms with E-state index in [1.165, 1.54) is 22.2 Å². The number of aryl methyl sites for hydroxylation is 3. The van der Waals surface area contributed by atoms with Crippen molar-refractivity contribution in [2.24, 2.45) is 5.73 Å². The van der Waals surface area contributed by atoms with Crippen molar-refractivity contribution < 1.29 is 4.79 Å². The fourth-order valence-corrected chi connectivity index (χ4v) is 2.27. The van der Waals surface area contributed by atoms with E-state index in [0.717, 1.165) is 11.1 Å². The van der Waals surface area contributed by atoms with Crippen LogP contribution in [0.2, 0.25) is 0 Å². The van der Waals surface area contributed by atoms with E-state index in [9.17, 15) is 4.79 Å². The van der Waals surface area contributed by atoms with Crippen molar-refractivity contribution in [2.75, 3.05) is 0 Å². The third-order valence-corrected chi connectivity index (χ3v) is 3.51. The number of nitrogens with one attached hydrogen (secondary N) is 2. The number of hydrogen-bond acceptors (Lipinski definition) is 2. The average Bonchev–Trinajstić information content (AvgIpc) is 2.63. The smallest absolute Gasteiger partial charge is 0.236 e. The number of halogens is 1. The van der Waals surface area contributed by atoms with Gasteiger partial charge in [-0.2, -0.15) is 0 Å². The Balaban J connectivity index is 0.00000200. The molecule has 20 heavy (non-hydrogen) atoms. The first-order valence-corrected chi connectivity index (χ1v) is 6.52. The van der Waals surface area contributed by atoms with Crippen LogP contribution in [-0.4, -0.2) is 16.9 Å². The SMILES string of the molecule is Cc1cc(CNC(=O)[C@@H](C)N)c2[nH]c(C)c(C)c2c1.Cl. The van der Waals surface area contributed by atoms with Crippen molar-refractivity contribution in [2.45, 2.75) is 40.3 Å². The molecule has 1 amide bonds. The Kier molecular flexibility index (Phi) is 5.20. The molecule has 2 rings (SSSR count). The fourth-order valence-electron chi connectivity index (χ4n) is 2.27. The first kappa shape index (κ1) is 16.5. The molecule has 0 aliphatic heterocycles. The Labute approximate surface area is 125 Å². The van der Waals surface area contributed by atoms with E-state index in [1.54, 1.807) is 6.92 Å². The second kappa shape index (κ2) is 6.29. The van der Waals surface area contributed by atoms with E-state index in [4.69, 9.17) is 5.73 Å². The summed E-state index contributed by atoms with van der Waals surface area (Å²) in [6, 6.07) is 3.79. The van der Waals surface area contributed by atoms with E-state index in [2.05, 4.69) is 43.2 Å². The van der Waals surface area contributed by atoms with Gasteiger partial charge in [-0.05, 0) is 44.9 Å². The van der Waals surface area contributed by atoms with Crippen LogP contribution in [0.15, 0.2) is 12.1 Å².